The maximum Gasteiger partial charge on any atom is 0.118 e. The Morgan fingerprint density at radius 1 is 0.261 bits per heavy atom. The van der Waals surface area contributed by atoms with Crippen LogP contribution in [0.25, 0.3) is 10.9 Å². The third-order valence-corrected chi connectivity index (χ3v) is 18.7. The van der Waals surface area contributed by atoms with Crippen molar-refractivity contribution in [2.45, 2.75) is 317 Å². The number of pyridine rings is 4. The highest BCUT2D eigenvalue weighted by Gasteiger charge is 2.20. The predicted octanol–water partition coefficient (Wildman–Crippen LogP) is 30.8. The topological polar surface area (TPSA) is 70.0 Å². The van der Waals surface area contributed by atoms with Gasteiger partial charge in [-0.05, 0) is 194 Å². The van der Waals surface area contributed by atoms with Gasteiger partial charge in [-0.15, -0.1) is 0 Å². The summed E-state index contributed by atoms with van der Waals surface area (Å²) in [5.74, 6) is 0.919. The summed E-state index contributed by atoms with van der Waals surface area (Å²) in [5.41, 5.74) is 24.9. The SMILES string of the molecule is CC(C)(C)OCc1ccccc1.CC(C)(C)c1ccccc1.COc1ccc(C(C)(C)C)cc1.Cc1ccc(C(C)(C)C)cc1.Cc1ccc(C(C)(C)C)cc1.Cc1ccc(C(C)(C)C)cn1.Cc1ccc(C(C)(C)C)nc1.Cc1ccc(C(C)(C)C)nc1.Cc1cccc(C(C)(C)C)c1.Cc1cccc2ccc(C(C)(C)C)nc12. The summed E-state index contributed by atoms with van der Waals surface area (Å²) in [5, 5.41) is 1.23. The molecule has 0 spiro atoms. The lowest BCUT2D eigenvalue weighted by Gasteiger charge is -2.19. The fourth-order valence-corrected chi connectivity index (χ4v) is 10.6. The molecule has 624 valence electrons. The van der Waals surface area contributed by atoms with Crippen LogP contribution in [0.4, 0.5) is 0 Å². The second kappa shape index (κ2) is 45.6. The summed E-state index contributed by atoms with van der Waals surface area (Å²) in [6, 6.07) is 78.4. The van der Waals surface area contributed by atoms with Gasteiger partial charge in [0.2, 0.25) is 0 Å². The van der Waals surface area contributed by atoms with E-state index in [1.165, 1.54) is 77.7 Å². The van der Waals surface area contributed by atoms with Crippen molar-refractivity contribution >= 4 is 10.9 Å². The molecule has 11 rings (SSSR count). The zero-order valence-corrected chi connectivity index (χ0v) is 79.4. The Labute approximate surface area is 704 Å². The third-order valence-electron chi connectivity index (χ3n) is 18.7. The van der Waals surface area contributed by atoms with Crippen LogP contribution in [0.3, 0.4) is 0 Å². The quantitative estimate of drug-likeness (QED) is 0.176. The molecule has 0 aliphatic heterocycles. The summed E-state index contributed by atoms with van der Waals surface area (Å²) in [4.78, 5) is 17.7. The number of nitrogens with zero attached hydrogens (tertiary/aromatic N) is 4. The van der Waals surface area contributed by atoms with Gasteiger partial charge in [0.1, 0.15) is 5.75 Å². The summed E-state index contributed by atoms with van der Waals surface area (Å²) >= 11 is 0. The number of aromatic nitrogens is 4. The van der Waals surface area contributed by atoms with E-state index in [-0.39, 0.29) is 48.9 Å². The zero-order chi connectivity index (χ0) is 87.8. The molecule has 0 aliphatic rings. The van der Waals surface area contributed by atoms with Crippen molar-refractivity contribution < 1.29 is 9.47 Å². The van der Waals surface area contributed by atoms with E-state index in [9.17, 15) is 0 Å². The molecule has 0 unspecified atom stereocenters. The lowest BCUT2D eigenvalue weighted by Crippen LogP contribution is -2.18. The van der Waals surface area contributed by atoms with Gasteiger partial charge in [-0.25, -0.2) is 0 Å². The molecule has 0 radical (unpaired) electrons. The van der Waals surface area contributed by atoms with Crippen LogP contribution in [0.1, 0.15) is 303 Å². The van der Waals surface area contributed by atoms with E-state index >= 15 is 0 Å². The average molecular weight is 1550 g/mol. The average Bonchev–Trinajstić information content (AvgIpc) is 0.802. The first-order valence-corrected chi connectivity index (χ1v) is 41.5. The largest absolute Gasteiger partial charge is 0.497 e. The number of fused-ring (bicyclic) bond motifs is 1. The molecule has 115 heavy (non-hydrogen) atoms. The molecule has 6 heteroatoms. The molecule has 0 atom stereocenters. The van der Waals surface area contributed by atoms with Gasteiger partial charge in [0.05, 0.1) is 24.8 Å². The Kier molecular flexibility index (Phi) is 40.5. The van der Waals surface area contributed by atoms with Crippen LogP contribution in [-0.4, -0.2) is 32.6 Å². The molecule has 11 aromatic rings. The van der Waals surface area contributed by atoms with Gasteiger partial charge >= 0.3 is 0 Å². The summed E-state index contributed by atoms with van der Waals surface area (Å²) in [6.45, 7) is 81.1. The van der Waals surface area contributed by atoms with E-state index in [0.717, 1.165) is 34.0 Å². The first kappa shape index (κ1) is 102. The first-order chi connectivity index (χ1) is 52.7. The van der Waals surface area contributed by atoms with Crippen molar-refractivity contribution in [2.24, 2.45) is 0 Å². The van der Waals surface area contributed by atoms with E-state index in [2.05, 4.69) is 458 Å². The maximum absolute atomic E-state index is 5.62. The normalized spacial score (nSPS) is 11.6. The molecular weight excluding hydrogens is 1400 g/mol. The van der Waals surface area contributed by atoms with Gasteiger partial charge in [-0.1, -0.05) is 392 Å². The zero-order valence-electron chi connectivity index (χ0n) is 79.4. The molecule has 0 saturated heterocycles. The lowest BCUT2D eigenvalue weighted by atomic mass is 9.86. The number of hydrogen-bond donors (Lipinski definition) is 0. The number of ether oxygens (including phenoxy) is 2. The Hall–Kier alpha value is -8.84. The van der Waals surface area contributed by atoms with E-state index < -0.39 is 0 Å². The fraction of sp³-hybridized carbons (Fsp3) is 0.450. The van der Waals surface area contributed by atoms with Crippen LogP contribution in [0.2, 0.25) is 0 Å². The number of hydrogen-bond acceptors (Lipinski definition) is 6. The minimum absolute atomic E-state index is 0.0458. The van der Waals surface area contributed by atoms with Gasteiger partial charge in [0.15, 0.2) is 0 Å². The van der Waals surface area contributed by atoms with Crippen molar-refractivity contribution in [3.05, 3.63) is 338 Å². The molecule has 0 fully saturated rings. The van der Waals surface area contributed by atoms with E-state index in [4.69, 9.17) is 14.5 Å². The molecule has 0 saturated carbocycles. The van der Waals surface area contributed by atoms with Gasteiger partial charge in [0, 0.05) is 63.0 Å². The summed E-state index contributed by atoms with van der Waals surface area (Å²) < 4.78 is 10.7. The number of methoxy groups -OCH3 is 1. The molecule has 7 aromatic carbocycles. The van der Waals surface area contributed by atoms with E-state index in [1.54, 1.807) is 7.11 Å². The monoisotopic (exact) mass is 1550 g/mol. The van der Waals surface area contributed by atoms with Gasteiger partial charge in [0.25, 0.3) is 0 Å². The van der Waals surface area contributed by atoms with Crippen LogP contribution >= 0.6 is 0 Å². The Bertz CT molecular complexity index is 4140. The highest BCUT2D eigenvalue weighted by Crippen LogP contribution is 2.29. The van der Waals surface area contributed by atoms with Crippen LogP contribution in [-0.2, 0) is 60.1 Å². The minimum Gasteiger partial charge on any atom is -0.497 e. The molecule has 4 aromatic heterocycles. The van der Waals surface area contributed by atoms with Crippen LogP contribution < -0.4 is 4.74 Å². The Balaban J connectivity index is 0.000000434. The molecule has 4 heterocycles. The van der Waals surface area contributed by atoms with Gasteiger partial charge in [-0.3, -0.25) is 19.9 Å². The van der Waals surface area contributed by atoms with Crippen molar-refractivity contribution in [3.63, 3.8) is 0 Å². The van der Waals surface area contributed by atoms with Crippen molar-refractivity contribution in [1.29, 1.82) is 0 Å². The van der Waals surface area contributed by atoms with E-state index in [0.29, 0.717) is 12.0 Å². The highest BCUT2D eigenvalue weighted by molar-refractivity contribution is 5.81. The standard InChI is InChI=1S/C14H17N.2C11H16O.3C11H16.3C10H15N.C10H14/c1-10-6-5-7-11-8-9-12(14(2,3)4)15-13(10)11;1-11(2,3)9-5-7-10(12-4)8-6-9;1-11(2,3)12-9-10-7-5-4-6-8-10;2*1-9-5-7-10(8-6-9)11(2,3)4;1-9-6-5-7-10(8-9)11(2,3)4;1-8-5-6-9(7-11-8)10(2,3)4;2*1-8-5-6-9(11-7-8)10(2,3)4;1-10(2,3)9-7-5-4-6-8-9/h5-9H,1-4H3;5-8H,1-4H3;4-8H,9H2,1-3H3;3*5-8H,1-4H3;3*5-7H,1-4H3;4-8H,1-3H3. The third kappa shape index (κ3) is 42.6. The number of rotatable bonds is 3. The molecule has 0 aliphatic carbocycles. The first-order valence-electron chi connectivity index (χ1n) is 41.5. The van der Waals surface area contributed by atoms with Gasteiger partial charge < -0.3 is 9.47 Å². The molecule has 0 N–H and O–H groups in total. The lowest BCUT2D eigenvalue weighted by molar-refractivity contribution is -0.0149. The number of aryl methyl sites for hydroxylation is 7. The van der Waals surface area contributed by atoms with Crippen LogP contribution in [0.15, 0.2) is 243 Å². The van der Waals surface area contributed by atoms with Gasteiger partial charge in [-0.2, -0.15) is 0 Å². The van der Waals surface area contributed by atoms with Crippen LogP contribution in [0, 0.1) is 48.5 Å². The van der Waals surface area contributed by atoms with E-state index in [1.807, 2.05) is 55.8 Å². The number of benzene rings is 7. The van der Waals surface area contributed by atoms with Crippen LogP contribution in [0.5, 0.6) is 5.75 Å². The summed E-state index contributed by atoms with van der Waals surface area (Å²) in [7, 11) is 1.69. The second-order valence-electron chi connectivity index (χ2n) is 40.8. The minimum atomic E-state index is -0.0458. The predicted molar refractivity (Wildman–Crippen MR) is 506 cm³/mol. The fourth-order valence-electron chi connectivity index (χ4n) is 10.6. The molecule has 6 nitrogen and oxygen atoms in total. The number of para-hydroxylation sites is 1. The Morgan fingerprint density at radius 3 is 0.930 bits per heavy atom. The van der Waals surface area contributed by atoms with Crippen molar-refractivity contribution in [2.75, 3.05) is 7.11 Å². The Morgan fingerprint density at radius 2 is 0.609 bits per heavy atom. The highest BCUT2D eigenvalue weighted by atomic mass is 16.5. The molecular formula is C109H156N4O2. The van der Waals surface area contributed by atoms with Crippen molar-refractivity contribution in [1.82, 2.24) is 19.9 Å². The van der Waals surface area contributed by atoms with Crippen molar-refractivity contribution in [3.8, 4) is 5.75 Å². The summed E-state index contributed by atoms with van der Waals surface area (Å²) in [6.07, 6.45) is 5.79. The second-order valence-corrected chi connectivity index (χ2v) is 40.8. The maximum atomic E-state index is 5.62. The molecule has 0 bridgehead atoms. The smallest absolute Gasteiger partial charge is 0.118 e. The molecule has 0 amide bonds.